The maximum absolute atomic E-state index is 12.3. The van der Waals surface area contributed by atoms with Crippen molar-refractivity contribution in [3.8, 4) is 0 Å². The minimum atomic E-state index is -0.528. The van der Waals surface area contributed by atoms with E-state index in [0.717, 1.165) is 11.1 Å². The molecule has 1 heterocycles. The fraction of sp³-hybridized carbons (Fsp3) is 0.471. The van der Waals surface area contributed by atoms with Gasteiger partial charge in [0.25, 0.3) is 0 Å². The number of hydrogen-bond donors (Lipinski definition) is 0. The van der Waals surface area contributed by atoms with Crippen LogP contribution in [0.2, 0.25) is 0 Å². The highest BCUT2D eigenvalue weighted by Crippen LogP contribution is 2.48. The highest BCUT2D eigenvalue weighted by atomic mass is 16.6. The largest absolute Gasteiger partial charge is 0.461 e. The Hall–Kier alpha value is -2.17. The monoisotopic (exact) mass is 302 g/mol. The smallest absolute Gasteiger partial charge is 0.334 e. The minimum Gasteiger partial charge on any atom is -0.461 e. The first-order chi connectivity index (χ1) is 10.3. The van der Waals surface area contributed by atoms with Crippen LogP contribution in [-0.4, -0.2) is 29.9 Å². The molecule has 3 rings (SSSR count). The number of carbonyl (C=O) groups is 3. The van der Waals surface area contributed by atoms with Crippen molar-refractivity contribution in [2.24, 2.45) is 11.8 Å². The van der Waals surface area contributed by atoms with Gasteiger partial charge in [0.15, 0.2) is 5.78 Å². The summed E-state index contributed by atoms with van der Waals surface area (Å²) in [6, 6.07) is 0. The maximum atomic E-state index is 12.3. The molecule has 0 radical (unpaired) electrons. The molecule has 116 valence electrons. The van der Waals surface area contributed by atoms with Gasteiger partial charge >= 0.3 is 11.9 Å². The molecule has 1 aliphatic heterocycles. The first-order valence-electron chi connectivity index (χ1n) is 7.30. The molecule has 22 heavy (non-hydrogen) atoms. The van der Waals surface area contributed by atoms with Crippen LogP contribution in [-0.2, 0) is 23.9 Å². The van der Waals surface area contributed by atoms with Crippen molar-refractivity contribution in [1.29, 1.82) is 0 Å². The summed E-state index contributed by atoms with van der Waals surface area (Å²) in [5.41, 5.74) is 2.75. The molecule has 1 saturated heterocycles. The quantitative estimate of drug-likeness (QED) is 0.546. The third kappa shape index (κ3) is 2.03. The molecule has 0 bridgehead atoms. The minimum absolute atomic E-state index is 0.0456. The predicted molar refractivity (Wildman–Crippen MR) is 77.6 cm³/mol. The summed E-state index contributed by atoms with van der Waals surface area (Å²) >= 11 is 0. The zero-order valence-corrected chi connectivity index (χ0v) is 12.8. The lowest BCUT2D eigenvalue weighted by Crippen LogP contribution is -2.35. The molecule has 0 saturated carbocycles. The number of hydrogen-bond acceptors (Lipinski definition) is 5. The van der Waals surface area contributed by atoms with Crippen molar-refractivity contribution >= 4 is 17.7 Å². The first-order valence-corrected chi connectivity index (χ1v) is 7.30. The van der Waals surface area contributed by atoms with Gasteiger partial charge < -0.3 is 9.47 Å². The van der Waals surface area contributed by atoms with Gasteiger partial charge in [0, 0.05) is 30.4 Å². The second-order valence-corrected chi connectivity index (χ2v) is 6.20. The summed E-state index contributed by atoms with van der Waals surface area (Å²) in [6.07, 6.45) is 0.955. The third-order valence-electron chi connectivity index (χ3n) is 4.70. The fourth-order valence-corrected chi connectivity index (χ4v) is 3.84. The summed E-state index contributed by atoms with van der Waals surface area (Å²) in [4.78, 5) is 35.6. The van der Waals surface area contributed by atoms with E-state index in [1.165, 1.54) is 6.92 Å². The van der Waals surface area contributed by atoms with Crippen LogP contribution in [0.4, 0.5) is 0 Å². The highest BCUT2D eigenvalue weighted by Gasteiger charge is 2.53. The SMILES string of the molecule is C=C1C(=O)O[C@@H]2[C@H]3C(C)=CC(=O)C3=C(C)C[C@H](OC(C)=O)[C@@H]12. The number of allylic oxidation sites excluding steroid dienone is 1. The average molecular weight is 302 g/mol. The van der Waals surface area contributed by atoms with Gasteiger partial charge in [0.1, 0.15) is 12.2 Å². The van der Waals surface area contributed by atoms with Crippen molar-refractivity contribution in [2.45, 2.75) is 39.4 Å². The molecule has 3 aliphatic rings. The Balaban J connectivity index is 2.10. The van der Waals surface area contributed by atoms with Crippen LogP contribution in [0.15, 0.2) is 34.9 Å². The number of fused-ring (bicyclic) bond motifs is 3. The van der Waals surface area contributed by atoms with Crippen LogP contribution in [0.1, 0.15) is 27.2 Å². The highest BCUT2D eigenvalue weighted by molar-refractivity contribution is 6.09. The third-order valence-corrected chi connectivity index (χ3v) is 4.70. The van der Waals surface area contributed by atoms with Crippen molar-refractivity contribution in [3.05, 3.63) is 34.9 Å². The number of ether oxygens (including phenoxy) is 2. The van der Waals surface area contributed by atoms with Crippen LogP contribution in [0.3, 0.4) is 0 Å². The lowest BCUT2D eigenvalue weighted by Gasteiger charge is -2.27. The standard InChI is InChI=1S/C17H18O5/c1-7-5-11(19)13-8(2)6-12(21-10(4)18)15-9(3)17(20)22-16(15)14(7)13/h5,12,14-16H,3,6H2,1-2,4H3/t12-,14-,15+,16+/m0/s1. The van der Waals surface area contributed by atoms with Gasteiger partial charge in [-0.25, -0.2) is 4.79 Å². The van der Waals surface area contributed by atoms with Crippen LogP contribution in [0, 0.1) is 11.8 Å². The number of rotatable bonds is 1. The number of esters is 2. The van der Waals surface area contributed by atoms with E-state index in [-0.39, 0.29) is 11.7 Å². The van der Waals surface area contributed by atoms with E-state index < -0.39 is 30.1 Å². The van der Waals surface area contributed by atoms with Crippen LogP contribution in [0.5, 0.6) is 0 Å². The molecule has 0 aromatic heterocycles. The van der Waals surface area contributed by atoms with Gasteiger partial charge in [-0.2, -0.15) is 0 Å². The Kier molecular flexibility index (Phi) is 3.31. The lowest BCUT2D eigenvalue weighted by atomic mass is 9.82. The average Bonchev–Trinajstić information content (AvgIpc) is 2.81. The second kappa shape index (κ2) is 4.93. The van der Waals surface area contributed by atoms with E-state index in [2.05, 4.69) is 6.58 Å². The second-order valence-electron chi connectivity index (χ2n) is 6.20. The van der Waals surface area contributed by atoms with Crippen molar-refractivity contribution in [1.82, 2.24) is 0 Å². The van der Waals surface area contributed by atoms with E-state index >= 15 is 0 Å². The zero-order valence-electron chi connectivity index (χ0n) is 12.8. The molecule has 0 N–H and O–H groups in total. The van der Waals surface area contributed by atoms with E-state index in [4.69, 9.17) is 9.47 Å². The molecule has 5 nitrogen and oxygen atoms in total. The molecule has 2 aliphatic carbocycles. The van der Waals surface area contributed by atoms with Gasteiger partial charge in [-0.15, -0.1) is 0 Å². The Labute approximate surface area is 128 Å². The van der Waals surface area contributed by atoms with Gasteiger partial charge in [-0.3, -0.25) is 9.59 Å². The fourth-order valence-electron chi connectivity index (χ4n) is 3.84. The van der Waals surface area contributed by atoms with Crippen molar-refractivity contribution in [3.63, 3.8) is 0 Å². The number of carbonyl (C=O) groups excluding carboxylic acids is 3. The molecule has 0 aromatic rings. The molecule has 0 spiro atoms. The number of ketones is 1. The lowest BCUT2D eigenvalue weighted by molar-refractivity contribution is -0.150. The van der Waals surface area contributed by atoms with Crippen LogP contribution in [0.25, 0.3) is 0 Å². The Morgan fingerprint density at radius 3 is 2.68 bits per heavy atom. The maximum Gasteiger partial charge on any atom is 0.334 e. The van der Waals surface area contributed by atoms with Crippen LogP contribution >= 0.6 is 0 Å². The van der Waals surface area contributed by atoms with E-state index in [1.807, 2.05) is 13.8 Å². The van der Waals surface area contributed by atoms with E-state index in [0.29, 0.717) is 17.6 Å². The topological polar surface area (TPSA) is 69.7 Å². The Bertz CT molecular complexity index is 667. The van der Waals surface area contributed by atoms with Gasteiger partial charge in [-0.05, 0) is 19.9 Å². The summed E-state index contributed by atoms with van der Waals surface area (Å²) in [6.45, 7) is 8.88. The molecule has 4 atom stereocenters. The molecule has 0 unspecified atom stereocenters. The normalized spacial score (nSPS) is 34.0. The van der Waals surface area contributed by atoms with Gasteiger partial charge in [-0.1, -0.05) is 17.7 Å². The summed E-state index contributed by atoms with van der Waals surface area (Å²) in [5, 5.41) is 0. The zero-order chi connectivity index (χ0) is 16.2. The van der Waals surface area contributed by atoms with Gasteiger partial charge in [0.05, 0.1) is 5.92 Å². The van der Waals surface area contributed by atoms with Gasteiger partial charge in [0.2, 0.25) is 0 Å². The summed E-state index contributed by atoms with van der Waals surface area (Å²) < 4.78 is 10.9. The first kappa shape index (κ1) is 14.8. The molecule has 0 aromatic carbocycles. The molecule has 0 amide bonds. The molecule has 1 fully saturated rings. The van der Waals surface area contributed by atoms with Crippen LogP contribution < -0.4 is 0 Å². The Morgan fingerprint density at radius 1 is 1.36 bits per heavy atom. The van der Waals surface area contributed by atoms with Crippen molar-refractivity contribution in [2.75, 3.05) is 0 Å². The predicted octanol–water partition coefficient (Wildman–Crippen LogP) is 1.88. The summed E-state index contributed by atoms with van der Waals surface area (Å²) in [7, 11) is 0. The molecular weight excluding hydrogens is 284 g/mol. The summed E-state index contributed by atoms with van der Waals surface area (Å²) in [5.74, 6) is -1.61. The van der Waals surface area contributed by atoms with E-state index in [9.17, 15) is 14.4 Å². The Morgan fingerprint density at radius 2 is 2.05 bits per heavy atom. The van der Waals surface area contributed by atoms with Crippen molar-refractivity contribution < 1.29 is 23.9 Å². The molecular formula is C17H18O5. The molecule has 5 heteroatoms. The van der Waals surface area contributed by atoms with E-state index in [1.54, 1.807) is 6.08 Å².